The van der Waals surface area contributed by atoms with Gasteiger partial charge in [0, 0.05) is 13.6 Å². The third-order valence-corrected chi connectivity index (χ3v) is 2.89. The first-order valence-corrected chi connectivity index (χ1v) is 5.96. The van der Waals surface area contributed by atoms with E-state index < -0.39 is 0 Å². The summed E-state index contributed by atoms with van der Waals surface area (Å²) >= 11 is 0. The summed E-state index contributed by atoms with van der Waals surface area (Å²) in [7, 11) is 2.11. The third kappa shape index (κ3) is 2.18. The highest BCUT2D eigenvalue weighted by Crippen LogP contribution is 2.11. The summed E-state index contributed by atoms with van der Waals surface area (Å²) in [6.45, 7) is 3.31. The van der Waals surface area contributed by atoms with Crippen molar-refractivity contribution in [3.63, 3.8) is 0 Å². The van der Waals surface area contributed by atoms with E-state index in [0.717, 1.165) is 12.1 Å². The van der Waals surface area contributed by atoms with Crippen molar-refractivity contribution < 1.29 is 0 Å². The number of unbranched alkanes of at least 4 members (excludes halogenated alkanes) is 2. The molecule has 0 bridgehead atoms. The number of imidazole rings is 1. The molecule has 0 aliphatic rings. The molecule has 0 atom stereocenters. The molecule has 86 valence electrons. The molecule has 0 radical (unpaired) electrons. The van der Waals surface area contributed by atoms with Gasteiger partial charge < -0.3 is 5.01 Å². The van der Waals surface area contributed by atoms with Crippen LogP contribution in [-0.2, 0) is 0 Å². The molecule has 0 amide bonds. The molecular weight excluding hydrogens is 198 g/mol. The Hall–Kier alpha value is -1.51. The first-order chi connectivity index (χ1) is 7.83. The van der Waals surface area contributed by atoms with Gasteiger partial charge in [0.25, 0.3) is 0 Å². The summed E-state index contributed by atoms with van der Waals surface area (Å²) in [5, 5.41) is 2.23. The van der Waals surface area contributed by atoms with Gasteiger partial charge >= 0.3 is 0 Å². The average Bonchev–Trinajstić information content (AvgIpc) is 2.73. The van der Waals surface area contributed by atoms with E-state index in [-0.39, 0.29) is 0 Å². The zero-order valence-corrected chi connectivity index (χ0v) is 10.1. The van der Waals surface area contributed by atoms with Crippen molar-refractivity contribution in [1.82, 2.24) is 9.66 Å². The third-order valence-electron chi connectivity index (χ3n) is 2.89. The number of para-hydroxylation sites is 2. The zero-order valence-electron chi connectivity index (χ0n) is 10.1. The molecule has 0 N–H and O–H groups in total. The first-order valence-electron chi connectivity index (χ1n) is 5.96. The van der Waals surface area contributed by atoms with Crippen LogP contribution in [0.5, 0.6) is 0 Å². The van der Waals surface area contributed by atoms with E-state index in [4.69, 9.17) is 0 Å². The smallest absolute Gasteiger partial charge is 0.116 e. The lowest BCUT2D eigenvalue weighted by molar-refractivity contribution is 0.609. The van der Waals surface area contributed by atoms with Gasteiger partial charge in [0.2, 0.25) is 0 Å². The summed E-state index contributed by atoms with van der Waals surface area (Å²) < 4.78 is 2.13. The van der Waals surface area contributed by atoms with Crippen LogP contribution in [0.2, 0.25) is 0 Å². The molecule has 1 aromatic carbocycles. The van der Waals surface area contributed by atoms with E-state index in [0.29, 0.717) is 0 Å². The van der Waals surface area contributed by atoms with Gasteiger partial charge in [0.15, 0.2) is 0 Å². The quantitative estimate of drug-likeness (QED) is 0.718. The zero-order chi connectivity index (χ0) is 11.4. The fraction of sp³-hybridized carbons (Fsp3) is 0.462. The molecule has 1 aromatic heterocycles. The Morgan fingerprint density at radius 2 is 2.06 bits per heavy atom. The maximum absolute atomic E-state index is 4.39. The molecule has 0 saturated heterocycles. The van der Waals surface area contributed by atoms with Gasteiger partial charge in [-0.3, -0.25) is 0 Å². The molecule has 2 rings (SSSR count). The second-order valence-electron chi connectivity index (χ2n) is 4.17. The van der Waals surface area contributed by atoms with Crippen molar-refractivity contribution >= 4 is 11.0 Å². The fourth-order valence-corrected chi connectivity index (χ4v) is 1.92. The molecule has 1 heterocycles. The van der Waals surface area contributed by atoms with E-state index in [1.807, 2.05) is 18.5 Å². The molecule has 0 aliphatic heterocycles. The molecule has 16 heavy (non-hydrogen) atoms. The summed E-state index contributed by atoms with van der Waals surface area (Å²) in [6, 6.07) is 8.24. The Balaban J connectivity index is 2.13. The second-order valence-corrected chi connectivity index (χ2v) is 4.17. The van der Waals surface area contributed by atoms with Crippen LogP contribution >= 0.6 is 0 Å². The van der Waals surface area contributed by atoms with Crippen LogP contribution in [0.3, 0.4) is 0 Å². The molecule has 0 aliphatic carbocycles. The lowest BCUT2D eigenvalue weighted by Crippen LogP contribution is -2.30. The van der Waals surface area contributed by atoms with Crippen molar-refractivity contribution in [3.05, 3.63) is 30.6 Å². The van der Waals surface area contributed by atoms with E-state index in [1.165, 1.54) is 24.8 Å². The Bertz CT molecular complexity index is 447. The van der Waals surface area contributed by atoms with Gasteiger partial charge in [-0.2, -0.15) is 0 Å². The molecular formula is C13H19N3. The fourth-order valence-electron chi connectivity index (χ4n) is 1.92. The number of benzene rings is 1. The second kappa shape index (κ2) is 5.01. The van der Waals surface area contributed by atoms with Gasteiger partial charge in [-0.25, -0.2) is 9.66 Å². The van der Waals surface area contributed by atoms with E-state index >= 15 is 0 Å². The lowest BCUT2D eigenvalue weighted by atomic mass is 10.2. The Labute approximate surface area is 96.7 Å². The highest BCUT2D eigenvalue weighted by Gasteiger charge is 2.04. The largest absolute Gasteiger partial charge is 0.314 e. The number of hydrogen-bond acceptors (Lipinski definition) is 2. The summed E-state index contributed by atoms with van der Waals surface area (Å²) in [6.07, 6.45) is 5.69. The molecule has 0 unspecified atom stereocenters. The highest BCUT2D eigenvalue weighted by atomic mass is 15.5. The van der Waals surface area contributed by atoms with Gasteiger partial charge in [0.1, 0.15) is 6.33 Å². The number of nitrogens with zero attached hydrogens (tertiary/aromatic N) is 3. The highest BCUT2D eigenvalue weighted by molar-refractivity contribution is 5.75. The summed E-state index contributed by atoms with van der Waals surface area (Å²) in [4.78, 5) is 4.39. The average molecular weight is 217 g/mol. The minimum Gasteiger partial charge on any atom is -0.314 e. The molecule has 0 spiro atoms. The molecule has 0 fully saturated rings. The van der Waals surface area contributed by atoms with E-state index in [2.05, 4.69) is 40.8 Å². The molecule has 2 aromatic rings. The van der Waals surface area contributed by atoms with Gasteiger partial charge in [-0.15, -0.1) is 0 Å². The van der Waals surface area contributed by atoms with Crippen molar-refractivity contribution in [2.45, 2.75) is 26.2 Å². The van der Waals surface area contributed by atoms with Crippen molar-refractivity contribution in [1.29, 1.82) is 0 Å². The van der Waals surface area contributed by atoms with Crippen molar-refractivity contribution in [3.8, 4) is 0 Å². The molecule has 3 nitrogen and oxygen atoms in total. The van der Waals surface area contributed by atoms with E-state index in [1.54, 1.807) is 0 Å². The topological polar surface area (TPSA) is 21.1 Å². The first kappa shape index (κ1) is 11.0. The van der Waals surface area contributed by atoms with Gasteiger partial charge in [-0.05, 0) is 18.6 Å². The van der Waals surface area contributed by atoms with Crippen LogP contribution < -0.4 is 5.01 Å². The maximum atomic E-state index is 4.39. The van der Waals surface area contributed by atoms with E-state index in [9.17, 15) is 0 Å². The standard InChI is InChI=1S/C13H19N3/c1-3-4-7-10-15(2)16-11-14-12-8-5-6-9-13(12)16/h5-6,8-9,11H,3-4,7,10H2,1-2H3. The van der Waals surface area contributed by atoms with Crippen LogP contribution in [0.1, 0.15) is 26.2 Å². The SMILES string of the molecule is CCCCCN(C)n1cnc2ccccc21. The van der Waals surface area contributed by atoms with Crippen LogP contribution in [0.25, 0.3) is 11.0 Å². The summed E-state index contributed by atoms with van der Waals surface area (Å²) in [5.74, 6) is 0. The Morgan fingerprint density at radius 1 is 1.25 bits per heavy atom. The Kier molecular flexibility index (Phi) is 3.44. The van der Waals surface area contributed by atoms with Gasteiger partial charge in [-0.1, -0.05) is 31.9 Å². The molecule has 0 saturated carbocycles. The van der Waals surface area contributed by atoms with Crippen LogP contribution in [0, 0.1) is 0 Å². The van der Waals surface area contributed by atoms with Crippen LogP contribution in [-0.4, -0.2) is 23.3 Å². The monoisotopic (exact) mass is 217 g/mol. The predicted molar refractivity (Wildman–Crippen MR) is 68.3 cm³/mol. The van der Waals surface area contributed by atoms with Crippen LogP contribution in [0.15, 0.2) is 30.6 Å². The van der Waals surface area contributed by atoms with Crippen molar-refractivity contribution in [2.75, 3.05) is 18.6 Å². The summed E-state index contributed by atoms with van der Waals surface area (Å²) in [5.41, 5.74) is 2.24. The number of aromatic nitrogens is 2. The minimum atomic E-state index is 1.06. The number of fused-ring (bicyclic) bond motifs is 1. The van der Waals surface area contributed by atoms with Crippen molar-refractivity contribution in [2.24, 2.45) is 0 Å². The number of hydrogen-bond donors (Lipinski definition) is 0. The minimum absolute atomic E-state index is 1.06. The Morgan fingerprint density at radius 3 is 2.88 bits per heavy atom. The van der Waals surface area contributed by atoms with Gasteiger partial charge in [0.05, 0.1) is 11.0 Å². The predicted octanol–water partition coefficient (Wildman–Crippen LogP) is 2.79. The van der Waals surface area contributed by atoms with Crippen LogP contribution in [0.4, 0.5) is 0 Å². The number of rotatable bonds is 5. The molecule has 3 heteroatoms. The normalized spacial score (nSPS) is 10.9. The maximum Gasteiger partial charge on any atom is 0.116 e. The lowest BCUT2D eigenvalue weighted by Gasteiger charge is -2.20.